The molecule has 1 aromatic carbocycles. The van der Waals surface area contributed by atoms with Crippen molar-refractivity contribution in [1.29, 1.82) is 5.26 Å². The smallest absolute Gasteiger partial charge is 0.0974 e. The molecule has 0 N–H and O–H groups in total. The summed E-state index contributed by atoms with van der Waals surface area (Å²) >= 11 is 7.58. The molecule has 88 valence electrons. The second-order valence-corrected chi connectivity index (χ2v) is 5.74. The molecule has 0 spiro atoms. The molecule has 1 heterocycles. The molecule has 1 aliphatic rings. The van der Waals surface area contributed by atoms with Gasteiger partial charge in [-0.2, -0.15) is 5.26 Å². The summed E-state index contributed by atoms with van der Waals surface area (Å²) < 4.78 is 0. The Hall–Kier alpha value is -1.11. The Labute approximate surface area is 111 Å². The molecular formula is C13H13ClN2S. The van der Waals surface area contributed by atoms with Gasteiger partial charge in [0.25, 0.3) is 0 Å². The molecule has 1 atom stereocenters. The number of hydrogen-bond donors (Lipinski definition) is 0. The number of hydrogen-bond acceptors (Lipinski definition) is 3. The topological polar surface area (TPSA) is 27.0 Å². The summed E-state index contributed by atoms with van der Waals surface area (Å²) in [5.41, 5.74) is 0.846. The lowest BCUT2D eigenvalue weighted by molar-refractivity contribution is 0.424. The molecule has 1 unspecified atom stereocenters. The van der Waals surface area contributed by atoms with Gasteiger partial charge in [-0.1, -0.05) is 11.6 Å². The third kappa shape index (κ3) is 3.18. The molecule has 0 fully saturated rings. The van der Waals surface area contributed by atoms with E-state index in [1.54, 1.807) is 11.8 Å². The molecule has 1 aromatic rings. The minimum Gasteiger partial charge on any atom is -0.380 e. The zero-order valence-electron chi connectivity index (χ0n) is 9.56. The van der Waals surface area contributed by atoms with Gasteiger partial charge >= 0.3 is 0 Å². The van der Waals surface area contributed by atoms with Crippen LogP contribution in [0.15, 0.2) is 40.9 Å². The van der Waals surface area contributed by atoms with Crippen LogP contribution in [0.3, 0.4) is 0 Å². The van der Waals surface area contributed by atoms with E-state index in [2.05, 4.69) is 11.0 Å². The van der Waals surface area contributed by atoms with Gasteiger partial charge in [0.05, 0.1) is 11.6 Å². The minimum atomic E-state index is 0.261. The number of halogens is 1. The predicted octanol–water partition coefficient (Wildman–Crippen LogP) is 3.54. The minimum absolute atomic E-state index is 0.261. The fraction of sp³-hybridized carbons (Fsp3) is 0.308. The molecule has 0 radical (unpaired) electrons. The van der Waals surface area contributed by atoms with Crippen LogP contribution in [0.2, 0.25) is 5.02 Å². The Bertz CT molecular complexity index is 461. The van der Waals surface area contributed by atoms with Crippen molar-refractivity contribution >= 4 is 23.4 Å². The first-order valence-electron chi connectivity index (χ1n) is 5.43. The number of rotatable bonds is 2. The summed E-state index contributed by atoms with van der Waals surface area (Å²) in [6.07, 6.45) is 2.94. The van der Waals surface area contributed by atoms with Crippen molar-refractivity contribution in [2.24, 2.45) is 0 Å². The van der Waals surface area contributed by atoms with Crippen LogP contribution in [0.1, 0.15) is 6.42 Å². The third-order valence-electron chi connectivity index (χ3n) is 2.67. The van der Waals surface area contributed by atoms with Crippen LogP contribution in [-0.2, 0) is 0 Å². The van der Waals surface area contributed by atoms with Crippen LogP contribution < -0.4 is 0 Å². The lowest BCUT2D eigenvalue weighted by atomic mass is 10.1. The van der Waals surface area contributed by atoms with Crippen LogP contribution in [0.25, 0.3) is 0 Å². The van der Waals surface area contributed by atoms with Crippen LogP contribution in [-0.4, -0.2) is 23.7 Å². The molecule has 2 nitrogen and oxygen atoms in total. The van der Waals surface area contributed by atoms with E-state index in [1.807, 2.05) is 37.5 Å². The van der Waals surface area contributed by atoms with E-state index < -0.39 is 0 Å². The zero-order valence-corrected chi connectivity index (χ0v) is 11.1. The SMILES string of the molecule is CN1C=C(C#N)C(Sc2ccc(Cl)cc2)CC1. The van der Waals surface area contributed by atoms with Crippen molar-refractivity contribution < 1.29 is 0 Å². The second kappa shape index (κ2) is 5.48. The summed E-state index contributed by atoms with van der Waals surface area (Å²) in [6, 6.07) is 10.1. The molecule has 0 aliphatic carbocycles. The summed E-state index contributed by atoms with van der Waals surface area (Å²) in [5.74, 6) is 0. The number of nitrogens with zero attached hydrogens (tertiary/aromatic N) is 2. The number of thioether (sulfide) groups is 1. The van der Waals surface area contributed by atoms with Crippen molar-refractivity contribution in [3.63, 3.8) is 0 Å². The highest BCUT2D eigenvalue weighted by molar-refractivity contribution is 8.00. The van der Waals surface area contributed by atoms with E-state index in [9.17, 15) is 0 Å². The largest absolute Gasteiger partial charge is 0.380 e. The summed E-state index contributed by atoms with van der Waals surface area (Å²) in [4.78, 5) is 3.22. The third-order valence-corrected chi connectivity index (χ3v) is 4.24. The number of nitriles is 1. The van der Waals surface area contributed by atoms with Gasteiger partial charge in [0.1, 0.15) is 0 Å². The predicted molar refractivity (Wildman–Crippen MR) is 72.0 cm³/mol. The molecule has 0 bridgehead atoms. The van der Waals surface area contributed by atoms with E-state index in [-0.39, 0.29) is 5.25 Å². The van der Waals surface area contributed by atoms with Crippen LogP contribution in [0, 0.1) is 11.3 Å². The monoisotopic (exact) mass is 264 g/mol. The van der Waals surface area contributed by atoms with Gasteiger partial charge in [-0.3, -0.25) is 0 Å². The van der Waals surface area contributed by atoms with E-state index in [0.717, 1.165) is 28.5 Å². The Morgan fingerprint density at radius 3 is 2.76 bits per heavy atom. The molecule has 0 amide bonds. The van der Waals surface area contributed by atoms with Crippen molar-refractivity contribution in [1.82, 2.24) is 4.90 Å². The average molecular weight is 265 g/mol. The molecule has 17 heavy (non-hydrogen) atoms. The lowest BCUT2D eigenvalue weighted by Gasteiger charge is -2.26. The average Bonchev–Trinajstić information content (AvgIpc) is 2.34. The molecule has 0 saturated carbocycles. The molecule has 0 aromatic heterocycles. The highest BCUT2D eigenvalue weighted by atomic mass is 35.5. The van der Waals surface area contributed by atoms with Gasteiger partial charge in [-0.25, -0.2) is 0 Å². The summed E-state index contributed by atoms with van der Waals surface area (Å²) in [5, 5.41) is 10.1. The van der Waals surface area contributed by atoms with Gasteiger partial charge in [0.2, 0.25) is 0 Å². The maximum Gasteiger partial charge on any atom is 0.0974 e. The lowest BCUT2D eigenvalue weighted by Crippen LogP contribution is -2.25. The molecule has 0 saturated heterocycles. The highest BCUT2D eigenvalue weighted by Gasteiger charge is 2.20. The maximum absolute atomic E-state index is 9.12. The van der Waals surface area contributed by atoms with Crippen molar-refractivity contribution in [2.75, 3.05) is 13.6 Å². The first-order valence-corrected chi connectivity index (χ1v) is 6.69. The Morgan fingerprint density at radius 1 is 1.41 bits per heavy atom. The molecule has 2 rings (SSSR count). The molecule has 4 heteroatoms. The van der Waals surface area contributed by atoms with E-state index >= 15 is 0 Å². The van der Waals surface area contributed by atoms with Crippen molar-refractivity contribution in [2.45, 2.75) is 16.6 Å². The van der Waals surface area contributed by atoms with Gasteiger partial charge in [0.15, 0.2) is 0 Å². The normalized spacial score (nSPS) is 19.7. The number of benzene rings is 1. The highest BCUT2D eigenvalue weighted by Crippen LogP contribution is 2.32. The zero-order chi connectivity index (χ0) is 12.3. The van der Waals surface area contributed by atoms with Gasteiger partial charge in [-0.05, 0) is 30.7 Å². The van der Waals surface area contributed by atoms with Gasteiger partial charge in [0, 0.05) is 35.0 Å². The Morgan fingerprint density at radius 2 is 2.12 bits per heavy atom. The van der Waals surface area contributed by atoms with Crippen LogP contribution >= 0.6 is 23.4 Å². The first kappa shape index (κ1) is 12.3. The van der Waals surface area contributed by atoms with Crippen LogP contribution in [0.4, 0.5) is 0 Å². The van der Waals surface area contributed by atoms with E-state index in [0.29, 0.717) is 0 Å². The van der Waals surface area contributed by atoms with Crippen LogP contribution in [0.5, 0.6) is 0 Å². The summed E-state index contributed by atoms with van der Waals surface area (Å²) in [7, 11) is 2.00. The van der Waals surface area contributed by atoms with E-state index in [1.165, 1.54) is 0 Å². The first-order chi connectivity index (χ1) is 8.19. The van der Waals surface area contributed by atoms with Gasteiger partial charge < -0.3 is 4.90 Å². The molecule has 1 aliphatic heterocycles. The second-order valence-electron chi connectivity index (χ2n) is 4.03. The quantitative estimate of drug-likeness (QED) is 0.818. The van der Waals surface area contributed by atoms with E-state index in [4.69, 9.17) is 16.9 Å². The fourth-order valence-electron chi connectivity index (χ4n) is 1.76. The fourth-order valence-corrected chi connectivity index (χ4v) is 2.97. The van der Waals surface area contributed by atoms with Crippen molar-refractivity contribution in [3.05, 3.63) is 41.1 Å². The van der Waals surface area contributed by atoms with Gasteiger partial charge in [-0.15, -0.1) is 11.8 Å². The van der Waals surface area contributed by atoms with Crippen molar-refractivity contribution in [3.8, 4) is 6.07 Å². The Balaban J connectivity index is 2.11. The Kier molecular flexibility index (Phi) is 3.98. The molecular weight excluding hydrogens is 252 g/mol. The maximum atomic E-state index is 9.12. The standard InChI is InChI=1S/C13H13ClN2S/c1-16-7-6-13(10(8-15)9-16)17-12-4-2-11(14)3-5-12/h2-5,9,13H,6-7H2,1H3. The summed E-state index contributed by atoms with van der Waals surface area (Å²) in [6.45, 7) is 0.996.